The van der Waals surface area contributed by atoms with Crippen molar-refractivity contribution in [2.75, 3.05) is 19.8 Å². The topological polar surface area (TPSA) is 21.3 Å². The number of halogens is 1. The summed E-state index contributed by atoms with van der Waals surface area (Å²) in [6.07, 6.45) is 2.42. The quantitative estimate of drug-likeness (QED) is 0.667. The predicted molar refractivity (Wildman–Crippen MR) is 42.4 cm³/mol. The molecule has 0 amide bonds. The van der Waals surface area contributed by atoms with Crippen LogP contribution in [0.5, 0.6) is 0 Å². The van der Waals surface area contributed by atoms with Crippen LogP contribution >= 0.6 is 0 Å². The number of alkyl halides is 1. The van der Waals surface area contributed by atoms with E-state index in [9.17, 15) is 4.39 Å². The van der Waals surface area contributed by atoms with Crippen molar-refractivity contribution in [3.05, 3.63) is 0 Å². The molecule has 1 heterocycles. The van der Waals surface area contributed by atoms with Gasteiger partial charge >= 0.3 is 0 Å². The molecule has 1 rings (SSSR count). The van der Waals surface area contributed by atoms with Gasteiger partial charge in [-0.1, -0.05) is 6.92 Å². The highest BCUT2D eigenvalue weighted by Gasteiger charge is 2.22. The second-order valence-electron chi connectivity index (χ2n) is 2.93. The lowest BCUT2D eigenvalue weighted by atomic mass is 10.1. The summed E-state index contributed by atoms with van der Waals surface area (Å²) in [6.45, 7) is 2.92. The van der Waals surface area contributed by atoms with Gasteiger partial charge in [-0.25, -0.2) is 4.39 Å². The molecule has 2 atom stereocenters. The van der Waals surface area contributed by atoms with Crippen molar-refractivity contribution in [3.8, 4) is 0 Å². The van der Waals surface area contributed by atoms with E-state index >= 15 is 0 Å². The number of rotatable bonds is 4. The molecule has 3 heteroatoms. The minimum absolute atomic E-state index is 0.246. The minimum Gasteiger partial charge on any atom is -0.374 e. The highest BCUT2D eigenvalue weighted by molar-refractivity contribution is 4.80. The predicted octanol–water partition coefficient (Wildman–Crippen LogP) is 1.11. The first-order valence-electron chi connectivity index (χ1n) is 4.27. The molecule has 0 spiro atoms. The lowest BCUT2D eigenvalue weighted by Crippen LogP contribution is -2.20. The molecule has 1 aliphatic heterocycles. The molecule has 0 unspecified atom stereocenters. The minimum atomic E-state index is -0.368. The average molecular weight is 161 g/mol. The molecule has 1 N–H and O–H groups in total. The van der Waals surface area contributed by atoms with E-state index in [1.54, 1.807) is 0 Å². The third kappa shape index (κ3) is 2.75. The van der Waals surface area contributed by atoms with Crippen LogP contribution in [0.4, 0.5) is 4.39 Å². The molecule has 0 aromatic rings. The van der Waals surface area contributed by atoms with Crippen molar-refractivity contribution in [2.24, 2.45) is 0 Å². The fourth-order valence-corrected chi connectivity index (χ4v) is 1.43. The van der Waals surface area contributed by atoms with Gasteiger partial charge < -0.3 is 10.1 Å². The van der Waals surface area contributed by atoms with Crippen LogP contribution in [0.15, 0.2) is 0 Å². The Bertz CT molecular complexity index is 110. The molecule has 11 heavy (non-hydrogen) atoms. The van der Waals surface area contributed by atoms with Crippen LogP contribution in [0, 0.1) is 0 Å². The lowest BCUT2D eigenvalue weighted by molar-refractivity contribution is 0.0557. The molecule has 1 saturated heterocycles. The molecular weight excluding hydrogens is 145 g/mol. The monoisotopic (exact) mass is 161 g/mol. The molecule has 0 aromatic heterocycles. The van der Waals surface area contributed by atoms with Gasteiger partial charge in [-0.05, 0) is 12.8 Å². The third-order valence-corrected chi connectivity index (χ3v) is 2.11. The number of hydrogen-bond acceptors (Lipinski definition) is 2. The van der Waals surface area contributed by atoms with Gasteiger partial charge in [-0.3, -0.25) is 0 Å². The van der Waals surface area contributed by atoms with Gasteiger partial charge in [-0.15, -0.1) is 0 Å². The summed E-state index contributed by atoms with van der Waals surface area (Å²) in [5.74, 6) is 0. The largest absolute Gasteiger partial charge is 0.374 e. The molecule has 1 aliphatic rings. The van der Waals surface area contributed by atoms with Gasteiger partial charge in [0.25, 0.3) is 0 Å². The molecule has 0 radical (unpaired) electrons. The van der Waals surface area contributed by atoms with Gasteiger partial charge in [0, 0.05) is 12.6 Å². The van der Waals surface area contributed by atoms with Gasteiger partial charge in [0.15, 0.2) is 0 Å². The maximum Gasteiger partial charge on any atom is 0.113 e. The lowest BCUT2D eigenvalue weighted by Gasteiger charge is -2.08. The van der Waals surface area contributed by atoms with Crippen molar-refractivity contribution in [3.63, 3.8) is 0 Å². The van der Waals surface area contributed by atoms with E-state index in [1.807, 2.05) is 0 Å². The summed E-state index contributed by atoms with van der Waals surface area (Å²) in [7, 11) is 0. The summed E-state index contributed by atoms with van der Waals surface area (Å²) in [4.78, 5) is 0. The summed E-state index contributed by atoms with van der Waals surface area (Å²) < 4.78 is 16.9. The van der Waals surface area contributed by atoms with E-state index < -0.39 is 0 Å². The van der Waals surface area contributed by atoms with Crippen LogP contribution in [0.25, 0.3) is 0 Å². The molecule has 0 aromatic carbocycles. The molecule has 0 saturated carbocycles. The van der Waals surface area contributed by atoms with E-state index in [4.69, 9.17) is 4.74 Å². The first kappa shape index (κ1) is 8.94. The number of ether oxygens (including phenoxy) is 1. The second kappa shape index (κ2) is 4.67. The van der Waals surface area contributed by atoms with Crippen LogP contribution < -0.4 is 5.32 Å². The standard InChI is InChI=1S/C8H16FNO/c1-2-7-5-8(6-10-7)11-4-3-9/h7-8,10H,2-6H2,1H3/t7-,8-/m1/s1. The number of hydrogen-bond donors (Lipinski definition) is 1. The Balaban J connectivity index is 2.09. The Morgan fingerprint density at radius 1 is 1.64 bits per heavy atom. The Hall–Kier alpha value is -0.150. The maximum absolute atomic E-state index is 11.7. The summed E-state index contributed by atoms with van der Waals surface area (Å²) in [5.41, 5.74) is 0. The first-order chi connectivity index (χ1) is 5.36. The van der Waals surface area contributed by atoms with E-state index in [-0.39, 0.29) is 19.4 Å². The van der Waals surface area contributed by atoms with Gasteiger partial charge in [0.05, 0.1) is 12.7 Å². The fourth-order valence-electron chi connectivity index (χ4n) is 1.43. The first-order valence-corrected chi connectivity index (χ1v) is 4.27. The van der Waals surface area contributed by atoms with E-state index in [0.717, 1.165) is 19.4 Å². The Morgan fingerprint density at radius 2 is 2.45 bits per heavy atom. The highest BCUT2D eigenvalue weighted by atomic mass is 19.1. The average Bonchev–Trinajstić information content (AvgIpc) is 2.48. The molecular formula is C8H16FNO. The van der Waals surface area contributed by atoms with Gasteiger partial charge in [0.2, 0.25) is 0 Å². The van der Waals surface area contributed by atoms with Crippen molar-refractivity contribution >= 4 is 0 Å². The number of nitrogens with one attached hydrogen (secondary N) is 1. The molecule has 0 aliphatic carbocycles. The smallest absolute Gasteiger partial charge is 0.113 e. The van der Waals surface area contributed by atoms with Crippen molar-refractivity contribution < 1.29 is 9.13 Å². The SMILES string of the molecule is CC[C@@H]1C[C@@H](OCCF)CN1. The normalized spacial score (nSPS) is 31.1. The Labute approximate surface area is 67.1 Å². The summed E-state index contributed by atoms with van der Waals surface area (Å²) >= 11 is 0. The fraction of sp³-hybridized carbons (Fsp3) is 1.00. The van der Waals surface area contributed by atoms with Crippen molar-refractivity contribution in [1.29, 1.82) is 0 Å². The zero-order chi connectivity index (χ0) is 8.10. The zero-order valence-corrected chi connectivity index (χ0v) is 6.98. The van der Waals surface area contributed by atoms with E-state index in [2.05, 4.69) is 12.2 Å². The summed E-state index contributed by atoms with van der Waals surface area (Å²) in [6, 6.07) is 0.583. The van der Waals surface area contributed by atoms with Crippen LogP contribution in [0.3, 0.4) is 0 Å². The van der Waals surface area contributed by atoms with Crippen LogP contribution in [-0.2, 0) is 4.74 Å². The molecule has 1 fully saturated rings. The van der Waals surface area contributed by atoms with Gasteiger partial charge in [-0.2, -0.15) is 0 Å². The second-order valence-corrected chi connectivity index (χ2v) is 2.93. The van der Waals surface area contributed by atoms with Crippen molar-refractivity contribution in [1.82, 2.24) is 5.32 Å². The van der Waals surface area contributed by atoms with Crippen LogP contribution in [-0.4, -0.2) is 32.0 Å². The van der Waals surface area contributed by atoms with E-state index in [1.165, 1.54) is 0 Å². The van der Waals surface area contributed by atoms with Gasteiger partial charge in [0.1, 0.15) is 6.67 Å². The molecule has 0 bridgehead atoms. The third-order valence-electron chi connectivity index (χ3n) is 2.11. The zero-order valence-electron chi connectivity index (χ0n) is 6.98. The highest BCUT2D eigenvalue weighted by Crippen LogP contribution is 2.12. The van der Waals surface area contributed by atoms with Crippen molar-refractivity contribution in [2.45, 2.75) is 31.9 Å². The summed E-state index contributed by atoms with van der Waals surface area (Å²) in [5, 5.41) is 3.32. The van der Waals surface area contributed by atoms with Crippen LogP contribution in [0.2, 0.25) is 0 Å². The molecule has 66 valence electrons. The van der Waals surface area contributed by atoms with E-state index in [0.29, 0.717) is 6.04 Å². The van der Waals surface area contributed by atoms with Crippen LogP contribution in [0.1, 0.15) is 19.8 Å². The maximum atomic E-state index is 11.7. The Morgan fingerprint density at radius 3 is 3.00 bits per heavy atom. The molecule has 2 nitrogen and oxygen atoms in total. The Kier molecular flexibility index (Phi) is 3.80.